The minimum atomic E-state index is -1.11. The molecule has 2 unspecified atom stereocenters. The number of rotatable bonds is 9. The van der Waals surface area contributed by atoms with Crippen molar-refractivity contribution in [2.24, 2.45) is 0 Å². The molecule has 2 atom stereocenters. The van der Waals surface area contributed by atoms with Gasteiger partial charge in [0.15, 0.2) is 0 Å². The average Bonchev–Trinajstić information content (AvgIpc) is 2.78. The number of nitrogens with zero attached hydrogens (tertiary/aromatic N) is 1. The van der Waals surface area contributed by atoms with Gasteiger partial charge in [0.05, 0.1) is 7.11 Å². The summed E-state index contributed by atoms with van der Waals surface area (Å²) < 4.78 is 9.89. The summed E-state index contributed by atoms with van der Waals surface area (Å²) in [4.78, 5) is 52.5. The largest absolute Gasteiger partial charge is 0.468 e. The fourth-order valence-electron chi connectivity index (χ4n) is 3.21. The highest BCUT2D eigenvalue weighted by Gasteiger charge is 2.42. The van der Waals surface area contributed by atoms with Gasteiger partial charge in [-0.3, -0.25) is 14.4 Å². The Morgan fingerprint density at radius 2 is 1.66 bits per heavy atom. The number of amides is 3. The molecule has 0 aliphatic rings. The van der Waals surface area contributed by atoms with Crippen molar-refractivity contribution in [3.05, 3.63) is 35.4 Å². The maximum atomic E-state index is 13.7. The van der Waals surface area contributed by atoms with Gasteiger partial charge in [-0.25, -0.2) is 4.79 Å². The molecule has 0 aliphatic heterocycles. The molecule has 0 saturated heterocycles. The van der Waals surface area contributed by atoms with Crippen molar-refractivity contribution in [2.75, 3.05) is 13.7 Å². The smallest absolute Gasteiger partial charge is 0.408 e. The fourth-order valence-corrected chi connectivity index (χ4v) is 3.21. The molecule has 192 valence electrons. The van der Waals surface area contributed by atoms with Crippen molar-refractivity contribution in [2.45, 2.75) is 78.1 Å². The van der Waals surface area contributed by atoms with Crippen LogP contribution in [0.3, 0.4) is 0 Å². The zero-order chi connectivity index (χ0) is 27.0. The zero-order valence-electron chi connectivity index (χ0n) is 21.9. The third kappa shape index (κ3) is 8.63. The van der Waals surface area contributed by atoms with Crippen molar-refractivity contribution >= 4 is 23.9 Å². The van der Waals surface area contributed by atoms with Gasteiger partial charge in [-0.1, -0.05) is 25.0 Å². The molecule has 0 aliphatic carbocycles. The summed E-state index contributed by atoms with van der Waals surface area (Å²) in [5.74, 6) is 0.807. The molecule has 3 amide bonds. The van der Waals surface area contributed by atoms with E-state index < -0.39 is 47.1 Å². The summed E-state index contributed by atoms with van der Waals surface area (Å²) in [6.07, 6.45) is 5.21. The van der Waals surface area contributed by atoms with Gasteiger partial charge >= 0.3 is 12.1 Å². The summed E-state index contributed by atoms with van der Waals surface area (Å²) in [6.45, 7) is 11.8. The summed E-state index contributed by atoms with van der Waals surface area (Å²) in [7, 11) is 1.21. The molecule has 0 aromatic heterocycles. The summed E-state index contributed by atoms with van der Waals surface area (Å²) in [6, 6.07) is 4.54. The number of hydrogen-bond acceptors (Lipinski definition) is 6. The first-order valence-electron chi connectivity index (χ1n) is 11.4. The monoisotopic (exact) mass is 487 g/mol. The van der Waals surface area contributed by atoms with Gasteiger partial charge in [0.2, 0.25) is 11.8 Å². The standard InChI is InChI=1S/C26H37N3O6/c1-10-18-12-14-19(15-13-18)21(22(31)27-16-20(30)34-9)29(26(7,8)11-2)23(32)17(3)28-24(33)35-25(4,5)6/h1,12-15,17,21H,11,16H2,2-9H3,(H,27,31)(H,28,33). The third-order valence-electron chi connectivity index (χ3n) is 5.39. The molecule has 1 aromatic carbocycles. The molecule has 35 heavy (non-hydrogen) atoms. The number of ether oxygens (including phenoxy) is 2. The van der Waals surface area contributed by atoms with Gasteiger partial charge in [0, 0.05) is 11.1 Å². The van der Waals surface area contributed by atoms with E-state index >= 15 is 0 Å². The molecule has 1 rings (SSSR count). The highest BCUT2D eigenvalue weighted by Crippen LogP contribution is 2.32. The lowest BCUT2D eigenvalue weighted by atomic mass is 9.92. The molecular weight excluding hydrogens is 450 g/mol. The SMILES string of the molecule is C#Cc1ccc(C(C(=O)NCC(=O)OC)N(C(=O)C(C)NC(=O)OC(C)(C)C)C(C)(C)CC)cc1. The molecule has 2 N–H and O–H groups in total. The lowest BCUT2D eigenvalue weighted by Crippen LogP contribution is -2.58. The van der Waals surface area contributed by atoms with Crippen LogP contribution in [0.15, 0.2) is 24.3 Å². The average molecular weight is 488 g/mol. The van der Waals surface area contributed by atoms with Gasteiger partial charge in [0.1, 0.15) is 24.2 Å². The predicted octanol–water partition coefficient (Wildman–Crippen LogP) is 2.93. The van der Waals surface area contributed by atoms with Gasteiger partial charge in [-0.15, -0.1) is 6.42 Å². The number of alkyl carbamates (subject to hydrolysis) is 1. The third-order valence-corrected chi connectivity index (χ3v) is 5.39. The van der Waals surface area contributed by atoms with E-state index in [1.165, 1.54) is 18.9 Å². The van der Waals surface area contributed by atoms with Crippen LogP contribution < -0.4 is 10.6 Å². The van der Waals surface area contributed by atoms with Crippen LogP contribution in [0.5, 0.6) is 0 Å². The van der Waals surface area contributed by atoms with Gasteiger partial charge in [-0.05, 0) is 65.7 Å². The van der Waals surface area contributed by atoms with E-state index in [1.54, 1.807) is 45.0 Å². The normalized spacial score (nSPS) is 13.0. The van der Waals surface area contributed by atoms with Gasteiger partial charge in [0.25, 0.3) is 0 Å². The molecule has 0 fully saturated rings. The van der Waals surface area contributed by atoms with Crippen LogP contribution in [0, 0.1) is 12.3 Å². The van der Waals surface area contributed by atoms with Crippen LogP contribution in [0.4, 0.5) is 4.79 Å². The summed E-state index contributed by atoms with van der Waals surface area (Å²) in [5, 5.41) is 5.09. The second-order valence-corrected chi connectivity index (χ2v) is 9.70. The molecule has 0 spiro atoms. The lowest BCUT2D eigenvalue weighted by molar-refractivity contribution is -0.149. The number of benzene rings is 1. The van der Waals surface area contributed by atoms with Crippen LogP contribution in [0.1, 0.15) is 72.1 Å². The maximum absolute atomic E-state index is 13.7. The van der Waals surface area contributed by atoms with E-state index in [-0.39, 0.29) is 6.54 Å². The minimum Gasteiger partial charge on any atom is -0.468 e. The van der Waals surface area contributed by atoms with Crippen molar-refractivity contribution in [3.63, 3.8) is 0 Å². The Morgan fingerprint density at radius 3 is 2.11 bits per heavy atom. The Labute approximate surface area is 207 Å². The maximum Gasteiger partial charge on any atom is 0.408 e. The van der Waals surface area contributed by atoms with E-state index in [0.717, 1.165) is 0 Å². The van der Waals surface area contributed by atoms with Gasteiger partial charge in [-0.2, -0.15) is 0 Å². The van der Waals surface area contributed by atoms with Crippen LogP contribution >= 0.6 is 0 Å². The number of carbonyl (C=O) groups is 4. The predicted molar refractivity (Wildman–Crippen MR) is 132 cm³/mol. The topological polar surface area (TPSA) is 114 Å². The molecule has 0 saturated carbocycles. The lowest BCUT2D eigenvalue weighted by Gasteiger charge is -2.44. The number of terminal acetylenes is 1. The number of methoxy groups -OCH3 is 1. The Balaban J connectivity index is 3.47. The van der Waals surface area contributed by atoms with Crippen LogP contribution in [-0.4, -0.2) is 59.6 Å². The zero-order valence-corrected chi connectivity index (χ0v) is 21.9. The highest BCUT2D eigenvalue weighted by molar-refractivity contribution is 5.93. The van der Waals surface area contributed by atoms with E-state index in [0.29, 0.717) is 17.5 Å². The van der Waals surface area contributed by atoms with Crippen molar-refractivity contribution < 1.29 is 28.7 Å². The molecule has 0 radical (unpaired) electrons. The van der Waals surface area contributed by atoms with E-state index in [4.69, 9.17) is 11.2 Å². The first kappa shape index (κ1) is 29.5. The van der Waals surface area contributed by atoms with Crippen molar-refractivity contribution in [3.8, 4) is 12.3 Å². The molecule has 1 aromatic rings. The first-order valence-corrected chi connectivity index (χ1v) is 11.4. The van der Waals surface area contributed by atoms with E-state index in [2.05, 4.69) is 21.3 Å². The molecule has 0 heterocycles. The molecule has 9 heteroatoms. The van der Waals surface area contributed by atoms with Crippen molar-refractivity contribution in [1.29, 1.82) is 0 Å². The van der Waals surface area contributed by atoms with Crippen LogP contribution in [0.25, 0.3) is 0 Å². The second kappa shape index (κ2) is 12.2. The summed E-state index contributed by atoms with van der Waals surface area (Å²) >= 11 is 0. The second-order valence-electron chi connectivity index (χ2n) is 9.70. The van der Waals surface area contributed by atoms with E-state index in [9.17, 15) is 19.2 Å². The minimum absolute atomic E-state index is 0.366. The van der Waals surface area contributed by atoms with Crippen LogP contribution in [0.2, 0.25) is 0 Å². The van der Waals surface area contributed by atoms with Crippen LogP contribution in [-0.2, 0) is 23.9 Å². The molecule has 9 nitrogen and oxygen atoms in total. The number of nitrogens with one attached hydrogen (secondary N) is 2. The molecule has 0 bridgehead atoms. The number of carbonyl (C=O) groups excluding carboxylic acids is 4. The molecular formula is C26H37N3O6. The van der Waals surface area contributed by atoms with E-state index in [1.807, 2.05) is 20.8 Å². The number of esters is 1. The Bertz CT molecular complexity index is 957. The first-order chi connectivity index (χ1) is 16.2. The Kier molecular flexibility index (Phi) is 10.3. The van der Waals surface area contributed by atoms with Crippen molar-refractivity contribution in [1.82, 2.24) is 15.5 Å². The Hall–Kier alpha value is -3.54. The quantitative estimate of drug-likeness (QED) is 0.409. The highest BCUT2D eigenvalue weighted by atomic mass is 16.6. The fraction of sp³-hybridized carbons (Fsp3) is 0.538. The van der Waals surface area contributed by atoms with Gasteiger partial charge < -0.3 is 25.0 Å². The number of hydrogen-bond donors (Lipinski definition) is 2. The Morgan fingerprint density at radius 1 is 1.09 bits per heavy atom. The summed E-state index contributed by atoms with van der Waals surface area (Å²) in [5.41, 5.74) is -0.454.